The molecule has 4 N–H and O–H groups in total. The van der Waals surface area contributed by atoms with Crippen LogP contribution in [0.5, 0.6) is 17.4 Å². The summed E-state index contributed by atoms with van der Waals surface area (Å²) in [7, 11) is 3.47. The Hall–Kier alpha value is -6.23. The monoisotopic (exact) mass is 1060 g/mol. The minimum Gasteiger partial charge on any atom is -0.491 e. The lowest BCUT2D eigenvalue weighted by molar-refractivity contribution is -0.293. The van der Waals surface area contributed by atoms with E-state index in [-0.39, 0.29) is 31.3 Å². The average molecular weight is 1060 g/mol. The molecule has 11 rings (SSSR count). The van der Waals surface area contributed by atoms with E-state index in [4.69, 9.17) is 40.3 Å². The first-order valence-corrected chi connectivity index (χ1v) is 25.9. The number of rotatable bonds is 13. The van der Waals surface area contributed by atoms with Crippen molar-refractivity contribution in [1.29, 1.82) is 0 Å². The van der Waals surface area contributed by atoms with Gasteiger partial charge in [0.05, 0.1) is 11.1 Å². The van der Waals surface area contributed by atoms with Gasteiger partial charge in [-0.1, -0.05) is 48.0 Å². The number of aliphatic hydroxyl groups is 3. The van der Waals surface area contributed by atoms with Crippen LogP contribution in [0, 0.1) is 12.7 Å². The van der Waals surface area contributed by atoms with E-state index in [0.29, 0.717) is 68.0 Å². The molecule has 0 amide bonds. The number of methoxy groups -OCH3 is 1. The molecule has 0 spiro atoms. The molecule has 0 unspecified atom stereocenters. The fourth-order valence-corrected chi connectivity index (χ4v) is 11.1. The maximum absolute atomic E-state index is 14.3. The van der Waals surface area contributed by atoms with Crippen molar-refractivity contribution in [2.24, 2.45) is 0 Å². The molecule has 3 aromatic heterocycles. The Balaban J connectivity index is 0.953. The van der Waals surface area contributed by atoms with Crippen LogP contribution in [-0.2, 0) is 40.4 Å². The van der Waals surface area contributed by atoms with Gasteiger partial charge >= 0.3 is 5.97 Å². The van der Waals surface area contributed by atoms with Crippen LogP contribution in [0.2, 0.25) is 5.02 Å². The van der Waals surface area contributed by atoms with Crippen molar-refractivity contribution < 1.29 is 53.3 Å². The molecule has 17 nitrogen and oxygen atoms in total. The minimum atomic E-state index is -1.47. The van der Waals surface area contributed by atoms with Crippen molar-refractivity contribution in [2.45, 2.75) is 69.9 Å². The smallest absolute Gasteiger partial charge is 0.345 e. The molecule has 0 radical (unpaired) electrons. The Morgan fingerprint density at radius 1 is 0.853 bits per heavy atom. The summed E-state index contributed by atoms with van der Waals surface area (Å²) in [6.45, 7) is 8.49. The van der Waals surface area contributed by atoms with Gasteiger partial charge in [0.15, 0.2) is 12.1 Å². The zero-order chi connectivity index (χ0) is 52.3. The van der Waals surface area contributed by atoms with Crippen LogP contribution >= 0.6 is 22.9 Å². The van der Waals surface area contributed by atoms with Crippen LogP contribution in [0.4, 0.5) is 4.39 Å². The minimum absolute atomic E-state index is 0.0238. The van der Waals surface area contributed by atoms with E-state index in [1.54, 1.807) is 48.7 Å². The fraction of sp³-hybridized carbons (Fsp3) is 0.364. The fourth-order valence-electron chi connectivity index (χ4n) is 9.70. The van der Waals surface area contributed by atoms with E-state index in [9.17, 15) is 29.6 Å². The molecule has 4 bridgehead atoms. The first kappa shape index (κ1) is 52.2. The van der Waals surface area contributed by atoms with Crippen LogP contribution in [0.15, 0.2) is 97.5 Å². The standard InChI is InChI=1S/C55H57ClFN7O10S/c1-31-40-14-9-35(46(31)56)27-64(23-22-63-20-18-62(2)19-21-63)26-32-4-15-41(36(24-32)25-42(54(68)69)73-52-45-44(40)50(75-53(45)60-30-59-52)33-5-10-37(57)11-6-33)72-28-38-16-17-58-51(61-38)34-7-12-39(13-8-34)71-29-43-47(65)48(66)49(67)55(70-3)74-43/h4-17,24,30,42-43,47-49,55,65-67H,18-23,25-29H2,1-3H3,(H,68,69)/t42-,43-,47-,48+,49-,55+/m1/s1. The van der Waals surface area contributed by atoms with Gasteiger partial charge in [-0.15, -0.1) is 11.3 Å². The van der Waals surface area contributed by atoms with E-state index >= 15 is 0 Å². The summed E-state index contributed by atoms with van der Waals surface area (Å²) in [5.74, 6) is -0.177. The SMILES string of the molecule is CO[C@H]1O[C@H](COc2ccc(-c3nccc(COc4ccc5cc4C[C@H](C(=O)O)Oc4ncnc6sc(-c7ccc(F)cc7)c(c46)-c4ccc(c(Cl)c4C)CN(CCN4CCN(C)CC4)C5)n3)cc2)[C@@H](O)[C@H](O)[C@H]1O. The second-order valence-electron chi connectivity index (χ2n) is 19.1. The van der Waals surface area contributed by atoms with Gasteiger partial charge in [0.2, 0.25) is 12.0 Å². The summed E-state index contributed by atoms with van der Waals surface area (Å²) < 4.78 is 43.9. The lowest BCUT2D eigenvalue weighted by Crippen LogP contribution is -2.59. The summed E-state index contributed by atoms with van der Waals surface area (Å²) >= 11 is 8.78. The van der Waals surface area contributed by atoms with Gasteiger partial charge in [0.1, 0.15) is 66.1 Å². The highest BCUT2D eigenvalue weighted by molar-refractivity contribution is 7.22. The summed E-state index contributed by atoms with van der Waals surface area (Å²) in [6, 6.07) is 24.9. The number of fused-ring (bicyclic) bond motifs is 6. The quantitative estimate of drug-likeness (QED) is 0.0956. The Morgan fingerprint density at radius 3 is 2.37 bits per heavy atom. The van der Waals surface area contributed by atoms with Crippen molar-refractivity contribution in [1.82, 2.24) is 34.6 Å². The zero-order valence-corrected chi connectivity index (χ0v) is 43.1. The van der Waals surface area contributed by atoms with Gasteiger partial charge in [-0.05, 0) is 95.9 Å². The highest BCUT2D eigenvalue weighted by atomic mass is 35.5. The van der Waals surface area contributed by atoms with Gasteiger partial charge in [-0.3, -0.25) is 9.80 Å². The predicted octanol–water partition coefficient (Wildman–Crippen LogP) is 6.63. The molecule has 6 atom stereocenters. The number of aliphatic carboxylic acids is 1. The van der Waals surface area contributed by atoms with Crippen molar-refractivity contribution >= 4 is 39.1 Å². The number of nitrogens with zero attached hydrogens (tertiary/aromatic N) is 7. The Bertz CT molecular complexity index is 3140. The third-order valence-corrected chi connectivity index (χ3v) is 15.7. The Kier molecular flexibility index (Phi) is 16.0. The number of hydrogen-bond donors (Lipinski definition) is 4. The van der Waals surface area contributed by atoms with Crippen LogP contribution in [0.1, 0.15) is 27.9 Å². The van der Waals surface area contributed by atoms with Crippen molar-refractivity contribution in [3.05, 3.63) is 136 Å². The number of carboxylic acid groups (broad SMARTS) is 1. The summed E-state index contributed by atoms with van der Waals surface area (Å²) in [5.41, 5.74) is 6.82. The van der Waals surface area contributed by atoms with E-state index in [2.05, 4.69) is 36.7 Å². The largest absolute Gasteiger partial charge is 0.491 e. The highest BCUT2D eigenvalue weighted by Gasteiger charge is 2.44. The second-order valence-corrected chi connectivity index (χ2v) is 20.5. The molecule has 0 aliphatic carbocycles. The average Bonchev–Trinajstić information content (AvgIpc) is 3.84. The number of carbonyl (C=O) groups is 1. The second kappa shape index (κ2) is 22.9. The lowest BCUT2D eigenvalue weighted by Gasteiger charge is -2.39. The third-order valence-electron chi connectivity index (χ3n) is 14.0. The number of aliphatic hydroxyl groups excluding tert-OH is 3. The molecular formula is C55H57ClFN7O10S. The van der Waals surface area contributed by atoms with Crippen molar-refractivity contribution in [3.8, 4) is 50.3 Å². The van der Waals surface area contributed by atoms with E-state index in [1.807, 2.05) is 37.3 Å². The number of piperazine rings is 1. The topological polar surface area (TPSA) is 205 Å². The van der Waals surface area contributed by atoms with Crippen LogP contribution in [-0.4, -0.2) is 158 Å². The van der Waals surface area contributed by atoms with Crippen LogP contribution in [0.3, 0.4) is 0 Å². The lowest BCUT2D eigenvalue weighted by atomic mass is 9.94. The molecule has 7 heterocycles. The molecule has 2 saturated heterocycles. The number of carboxylic acids is 1. The number of thiophene rings is 1. The first-order chi connectivity index (χ1) is 36.3. The molecule has 392 valence electrons. The molecule has 4 aliphatic heterocycles. The summed E-state index contributed by atoms with van der Waals surface area (Å²) in [4.78, 5) is 40.4. The van der Waals surface area contributed by atoms with Gasteiger partial charge in [0, 0.05) is 93.1 Å². The summed E-state index contributed by atoms with van der Waals surface area (Å²) in [5, 5.41) is 42.9. The maximum atomic E-state index is 14.3. The number of hydrogen-bond acceptors (Lipinski definition) is 17. The number of likely N-dealkylation sites (N-methyl/N-ethyl adjacent to an activating group) is 1. The molecule has 75 heavy (non-hydrogen) atoms. The molecule has 2 fully saturated rings. The van der Waals surface area contributed by atoms with Gasteiger partial charge in [0.25, 0.3) is 0 Å². The van der Waals surface area contributed by atoms with E-state index in [0.717, 1.165) is 72.0 Å². The van der Waals surface area contributed by atoms with Gasteiger partial charge in [-0.25, -0.2) is 29.1 Å². The van der Waals surface area contributed by atoms with Crippen LogP contribution < -0.4 is 14.2 Å². The van der Waals surface area contributed by atoms with E-state index in [1.165, 1.54) is 36.9 Å². The molecule has 7 aromatic rings. The molecule has 0 saturated carbocycles. The van der Waals surface area contributed by atoms with Gasteiger partial charge in [-0.2, -0.15) is 0 Å². The van der Waals surface area contributed by atoms with Crippen molar-refractivity contribution in [3.63, 3.8) is 0 Å². The normalized spacial score (nSPS) is 21.8. The Morgan fingerprint density at radius 2 is 1.61 bits per heavy atom. The molecule has 20 heteroatoms. The molecule has 4 aliphatic rings. The number of aromatic nitrogens is 4. The number of halogens is 2. The molecular weight excluding hydrogens is 1010 g/mol. The van der Waals surface area contributed by atoms with Crippen LogP contribution in [0.25, 0.3) is 43.2 Å². The summed E-state index contributed by atoms with van der Waals surface area (Å²) in [6.07, 6.45) is -4.86. The predicted molar refractivity (Wildman–Crippen MR) is 279 cm³/mol. The van der Waals surface area contributed by atoms with Gasteiger partial charge < -0.3 is 49.0 Å². The Labute approximate surface area is 441 Å². The zero-order valence-electron chi connectivity index (χ0n) is 41.5. The maximum Gasteiger partial charge on any atom is 0.345 e. The number of benzene rings is 4. The van der Waals surface area contributed by atoms with E-state index < -0.39 is 42.8 Å². The highest BCUT2D eigenvalue weighted by Crippen LogP contribution is 2.49. The third kappa shape index (κ3) is 11.6. The number of ether oxygens (including phenoxy) is 5. The van der Waals surface area contributed by atoms with Crippen molar-refractivity contribution in [2.75, 3.05) is 60.0 Å². The molecule has 4 aromatic carbocycles. The first-order valence-electron chi connectivity index (χ1n) is 24.7.